The summed E-state index contributed by atoms with van der Waals surface area (Å²) in [6.45, 7) is 0.749. The smallest absolute Gasteiger partial charge is 0.330 e. The number of aromatic nitrogens is 3. The molecule has 11 heteroatoms. The second-order valence-corrected chi connectivity index (χ2v) is 9.05. The van der Waals surface area contributed by atoms with Gasteiger partial charge in [-0.3, -0.25) is 9.67 Å². The number of hydrogen-bond acceptors (Lipinski definition) is 5. The molecule has 2 fully saturated rings. The van der Waals surface area contributed by atoms with E-state index in [1.54, 1.807) is 41.2 Å². The van der Waals surface area contributed by atoms with Gasteiger partial charge in [0.15, 0.2) is 5.82 Å². The zero-order valence-corrected chi connectivity index (χ0v) is 19.8. The van der Waals surface area contributed by atoms with E-state index in [1.165, 1.54) is 6.07 Å². The molecule has 1 N–H and O–H groups in total. The van der Waals surface area contributed by atoms with Crippen molar-refractivity contribution in [3.63, 3.8) is 0 Å². The summed E-state index contributed by atoms with van der Waals surface area (Å²) in [7, 11) is 1.80. The molecular weight excluding hydrogens is 475 g/mol. The lowest BCUT2D eigenvalue weighted by Crippen LogP contribution is -2.42. The lowest BCUT2D eigenvalue weighted by molar-refractivity contribution is 0.178. The van der Waals surface area contributed by atoms with Crippen molar-refractivity contribution in [3.05, 3.63) is 53.7 Å². The zero-order chi connectivity index (χ0) is 24.5. The van der Waals surface area contributed by atoms with Crippen LogP contribution in [-0.4, -0.2) is 55.8 Å². The van der Waals surface area contributed by atoms with Crippen LogP contribution in [0.5, 0.6) is 11.5 Å². The van der Waals surface area contributed by atoms with Gasteiger partial charge in [-0.2, -0.15) is 5.10 Å². The second-order valence-electron chi connectivity index (χ2n) is 8.64. The Kier molecular flexibility index (Phi) is 6.29. The SMILES string of the molecule is Cn1cc(-c2cc(Oc3cc(F)c(NC(=O)N4CCN(C5CCCC5)C4=O)cc3Cl)ccn2)cn1. The lowest BCUT2D eigenvalue weighted by atomic mass is 10.2. The number of amides is 4. The third-order valence-corrected chi connectivity index (χ3v) is 6.57. The van der Waals surface area contributed by atoms with Crippen LogP contribution in [0.15, 0.2) is 42.9 Å². The molecule has 4 amide bonds. The van der Waals surface area contributed by atoms with E-state index in [-0.39, 0.29) is 35.1 Å². The van der Waals surface area contributed by atoms with Gasteiger partial charge in [0.1, 0.15) is 11.5 Å². The number of nitrogens with zero attached hydrogens (tertiary/aromatic N) is 5. The molecule has 1 aromatic carbocycles. The van der Waals surface area contributed by atoms with Crippen LogP contribution >= 0.6 is 11.6 Å². The van der Waals surface area contributed by atoms with Gasteiger partial charge in [-0.1, -0.05) is 24.4 Å². The second kappa shape index (κ2) is 9.53. The van der Waals surface area contributed by atoms with Crippen LogP contribution in [0.4, 0.5) is 19.7 Å². The average Bonchev–Trinajstić information content (AvgIpc) is 3.58. The molecule has 5 rings (SSSR count). The summed E-state index contributed by atoms with van der Waals surface area (Å²) in [5.41, 5.74) is 1.31. The Morgan fingerprint density at radius 1 is 1.23 bits per heavy atom. The molecule has 3 heterocycles. The summed E-state index contributed by atoms with van der Waals surface area (Å²) < 4.78 is 22.3. The Morgan fingerprint density at radius 2 is 2.03 bits per heavy atom. The van der Waals surface area contributed by atoms with Gasteiger partial charge in [0.2, 0.25) is 0 Å². The third-order valence-electron chi connectivity index (χ3n) is 6.27. The van der Waals surface area contributed by atoms with Crippen LogP contribution in [0.3, 0.4) is 0 Å². The first-order chi connectivity index (χ1) is 16.9. The summed E-state index contributed by atoms with van der Waals surface area (Å²) in [6.07, 6.45) is 9.13. The first-order valence-electron chi connectivity index (χ1n) is 11.4. The van der Waals surface area contributed by atoms with Gasteiger partial charge in [0.05, 0.1) is 22.6 Å². The van der Waals surface area contributed by atoms with Gasteiger partial charge >= 0.3 is 12.1 Å². The fourth-order valence-corrected chi connectivity index (χ4v) is 4.70. The number of rotatable bonds is 5. The molecule has 0 spiro atoms. The first-order valence-corrected chi connectivity index (χ1v) is 11.8. The number of imide groups is 1. The number of carbonyl (C=O) groups is 2. The largest absolute Gasteiger partial charge is 0.456 e. The number of nitrogens with one attached hydrogen (secondary N) is 1. The Morgan fingerprint density at radius 3 is 2.77 bits per heavy atom. The molecule has 35 heavy (non-hydrogen) atoms. The van der Waals surface area contributed by atoms with Crippen molar-refractivity contribution in [2.45, 2.75) is 31.7 Å². The average molecular weight is 499 g/mol. The van der Waals surface area contributed by atoms with Crippen LogP contribution in [0.1, 0.15) is 25.7 Å². The lowest BCUT2D eigenvalue weighted by Gasteiger charge is -2.23. The molecule has 0 unspecified atom stereocenters. The fraction of sp³-hybridized carbons (Fsp3) is 0.333. The highest BCUT2D eigenvalue weighted by Crippen LogP contribution is 2.35. The molecule has 0 bridgehead atoms. The van der Waals surface area contributed by atoms with Crippen molar-refractivity contribution in [2.75, 3.05) is 18.4 Å². The van der Waals surface area contributed by atoms with Crippen molar-refractivity contribution in [1.82, 2.24) is 24.6 Å². The molecule has 2 aliphatic rings. The highest BCUT2D eigenvalue weighted by Gasteiger charge is 2.38. The molecular formula is C24H24ClFN6O3. The van der Waals surface area contributed by atoms with Gasteiger partial charge in [0, 0.05) is 56.3 Å². The maximum atomic E-state index is 14.9. The molecule has 1 saturated carbocycles. The minimum Gasteiger partial charge on any atom is -0.456 e. The number of pyridine rings is 1. The Hall–Kier alpha value is -3.66. The summed E-state index contributed by atoms with van der Waals surface area (Å²) >= 11 is 6.33. The molecule has 1 saturated heterocycles. The first kappa shape index (κ1) is 23.1. The summed E-state index contributed by atoms with van der Waals surface area (Å²) in [5, 5.41) is 6.69. The number of ether oxygens (including phenoxy) is 1. The van der Waals surface area contributed by atoms with Crippen LogP contribution in [0.2, 0.25) is 5.02 Å². The number of anilines is 1. The predicted octanol–water partition coefficient (Wildman–Crippen LogP) is 5.28. The standard InChI is InChI=1S/C24H24ClFN6O3/c1-30-14-15(13-28-30)20-10-17(6-7-27-20)35-22-12-19(26)21(11-18(22)25)29-23(33)32-9-8-31(24(32)34)16-4-2-3-5-16/h6-7,10-14,16H,2-5,8-9H2,1H3,(H,29,33). The Labute approximate surface area is 206 Å². The van der Waals surface area contributed by atoms with Crippen LogP contribution in [0, 0.1) is 5.82 Å². The fourth-order valence-electron chi connectivity index (χ4n) is 4.50. The Balaban J connectivity index is 1.28. The summed E-state index contributed by atoms with van der Waals surface area (Å²) in [4.78, 5) is 32.6. The normalized spacial score (nSPS) is 16.3. The Bertz CT molecular complexity index is 1280. The van der Waals surface area contributed by atoms with Crippen molar-refractivity contribution >= 4 is 29.4 Å². The number of hydrogen-bond donors (Lipinski definition) is 1. The van der Waals surface area contributed by atoms with Crippen LogP contribution < -0.4 is 10.1 Å². The van der Waals surface area contributed by atoms with Crippen molar-refractivity contribution < 1.29 is 18.7 Å². The van der Waals surface area contributed by atoms with Gasteiger partial charge in [-0.25, -0.2) is 18.9 Å². The van der Waals surface area contributed by atoms with Crippen LogP contribution in [0.25, 0.3) is 11.3 Å². The molecule has 9 nitrogen and oxygen atoms in total. The number of urea groups is 2. The van der Waals surface area contributed by atoms with E-state index < -0.39 is 11.8 Å². The summed E-state index contributed by atoms with van der Waals surface area (Å²) in [6, 6.07) is 4.82. The van der Waals surface area contributed by atoms with E-state index in [0.717, 1.165) is 42.2 Å². The quantitative estimate of drug-likeness (QED) is 0.516. The van der Waals surface area contributed by atoms with Gasteiger partial charge in [-0.15, -0.1) is 0 Å². The van der Waals surface area contributed by atoms with Gasteiger partial charge in [-0.05, 0) is 25.0 Å². The molecule has 1 aliphatic carbocycles. The minimum atomic E-state index is -0.737. The van der Waals surface area contributed by atoms with E-state index in [2.05, 4.69) is 15.4 Å². The molecule has 0 atom stereocenters. The van der Waals surface area contributed by atoms with E-state index in [4.69, 9.17) is 16.3 Å². The van der Waals surface area contributed by atoms with Crippen LogP contribution in [-0.2, 0) is 7.05 Å². The third kappa shape index (κ3) is 4.79. The van der Waals surface area contributed by atoms with Crippen molar-refractivity contribution in [1.29, 1.82) is 0 Å². The minimum absolute atomic E-state index is 0.0789. The number of halogens is 2. The maximum absolute atomic E-state index is 14.9. The van der Waals surface area contributed by atoms with Crippen molar-refractivity contribution in [3.8, 4) is 22.8 Å². The summed E-state index contributed by atoms with van der Waals surface area (Å²) in [5.74, 6) is -0.250. The highest BCUT2D eigenvalue weighted by molar-refractivity contribution is 6.32. The number of aryl methyl sites for hydroxylation is 1. The van der Waals surface area contributed by atoms with E-state index >= 15 is 0 Å². The molecule has 0 radical (unpaired) electrons. The molecule has 3 aromatic rings. The number of benzene rings is 1. The number of carbonyl (C=O) groups excluding carboxylic acids is 2. The van der Waals surface area contributed by atoms with Gasteiger partial charge < -0.3 is 15.0 Å². The van der Waals surface area contributed by atoms with Crippen molar-refractivity contribution in [2.24, 2.45) is 7.05 Å². The predicted molar refractivity (Wildman–Crippen MR) is 128 cm³/mol. The molecule has 182 valence electrons. The van der Waals surface area contributed by atoms with E-state index in [0.29, 0.717) is 18.0 Å². The monoisotopic (exact) mass is 498 g/mol. The van der Waals surface area contributed by atoms with E-state index in [9.17, 15) is 14.0 Å². The zero-order valence-electron chi connectivity index (χ0n) is 19.1. The maximum Gasteiger partial charge on any atom is 0.330 e. The molecule has 1 aliphatic heterocycles. The topological polar surface area (TPSA) is 92.6 Å². The molecule has 2 aromatic heterocycles. The van der Waals surface area contributed by atoms with Gasteiger partial charge in [0.25, 0.3) is 0 Å². The highest BCUT2D eigenvalue weighted by atomic mass is 35.5. The van der Waals surface area contributed by atoms with E-state index in [1.807, 2.05) is 6.20 Å².